The van der Waals surface area contributed by atoms with E-state index in [0.717, 1.165) is 28.7 Å². The van der Waals surface area contributed by atoms with Crippen LogP contribution >= 0.6 is 0 Å². The first kappa shape index (κ1) is 21.5. The molecule has 1 saturated carbocycles. The zero-order valence-corrected chi connectivity index (χ0v) is 18.7. The van der Waals surface area contributed by atoms with E-state index >= 15 is 0 Å². The molecule has 1 unspecified atom stereocenters. The van der Waals surface area contributed by atoms with Gasteiger partial charge in [-0.2, -0.15) is 0 Å². The summed E-state index contributed by atoms with van der Waals surface area (Å²) >= 11 is 0. The minimum absolute atomic E-state index is 0.0212. The number of nitrogens with zero attached hydrogens (tertiary/aromatic N) is 2. The van der Waals surface area contributed by atoms with Crippen molar-refractivity contribution < 1.29 is 20.1 Å². The van der Waals surface area contributed by atoms with Crippen LogP contribution in [0.5, 0.6) is 11.5 Å². The number of amides is 1. The van der Waals surface area contributed by atoms with Crippen LogP contribution in [0.2, 0.25) is 0 Å². The molecule has 1 saturated heterocycles. The zero-order chi connectivity index (χ0) is 23.1. The third kappa shape index (κ3) is 4.07. The van der Waals surface area contributed by atoms with Crippen LogP contribution in [0, 0.1) is 6.92 Å². The summed E-state index contributed by atoms with van der Waals surface area (Å²) in [6, 6.07) is 14.9. The maximum atomic E-state index is 12.9. The maximum absolute atomic E-state index is 12.9. The lowest BCUT2D eigenvalue weighted by atomic mass is 9.88. The molecule has 0 spiro atoms. The monoisotopic (exact) mass is 444 g/mol. The van der Waals surface area contributed by atoms with Crippen LogP contribution in [0.1, 0.15) is 64.0 Å². The minimum atomic E-state index is -0.176. The van der Waals surface area contributed by atoms with Gasteiger partial charge in [-0.25, -0.2) is 4.98 Å². The van der Waals surface area contributed by atoms with Gasteiger partial charge in [0.15, 0.2) is 0 Å². The van der Waals surface area contributed by atoms with Crippen LogP contribution in [0.3, 0.4) is 0 Å². The standard InChI is InChI=1S/C27H28N2O4/c1-16-25(31)9-8-24(28-16)27(33)29-11-10-18(14-29)22-13-26(32)23(12-19(22)15-30)21-5-3-2-4-20(21)17-6-7-17/h2-5,8-9,12-13,17-18,30-32H,6-7,10-11,14-15H2,1H3. The van der Waals surface area contributed by atoms with E-state index in [1.807, 2.05) is 24.3 Å². The quantitative estimate of drug-likeness (QED) is 0.540. The molecule has 2 aromatic carbocycles. The first-order valence-corrected chi connectivity index (χ1v) is 11.5. The Balaban J connectivity index is 1.41. The van der Waals surface area contributed by atoms with Crippen molar-refractivity contribution in [3.8, 4) is 22.6 Å². The van der Waals surface area contributed by atoms with Crippen molar-refractivity contribution in [2.45, 2.75) is 44.6 Å². The Hall–Kier alpha value is -3.38. The molecule has 1 aromatic heterocycles. The van der Waals surface area contributed by atoms with Gasteiger partial charge in [0.1, 0.15) is 17.2 Å². The van der Waals surface area contributed by atoms with Crippen molar-refractivity contribution in [1.29, 1.82) is 0 Å². The number of pyridine rings is 1. The second-order valence-electron chi connectivity index (χ2n) is 9.13. The maximum Gasteiger partial charge on any atom is 0.272 e. The fourth-order valence-corrected chi connectivity index (χ4v) is 4.91. The predicted molar refractivity (Wildman–Crippen MR) is 125 cm³/mol. The van der Waals surface area contributed by atoms with Crippen molar-refractivity contribution in [2.75, 3.05) is 13.1 Å². The lowest BCUT2D eigenvalue weighted by Crippen LogP contribution is -2.29. The number of benzene rings is 2. The van der Waals surface area contributed by atoms with Gasteiger partial charge in [0, 0.05) is 24.6 Å². The first-order chi connectivity index (χ1) is 16.0. The number of hydrogen-bond donors (Lipinski definition) is 3. The molecule has 0 bridgehead atoms. The summed E-state index contributed by atoms with van der Waals surface area (Å²) < 4.78 is 0. The number of aliphatic hydroxyl groups is 1. The minimum Gasteiger partial charge on any atom is -0.507 e. The smallest absolute Gasteiger partial charge is 0.272 e. The fraction of sp³-hybridized carbons (Fsp3) is 0.333. The molecule has 2 heterocycles. The summed E-state index contributed by atoms with van der Waals surface area (Å²) in [6.07, 6.45) is 3.08. The number of carbonyl (C=O) groups excluding carboxylic acids is 1. The van der Waals surface area contributed by atoms with Crippen LogP contribution in [0.25, 0.3) is 11.1 Å². The van der Waals surface area contributed by atoms with Crippen molar-refractivity contribution >= 4 is 5.91 Å². The highest BCUT2D eigenvalue weighted by Crippen LogP contribution is 2.47. The van der Waals surface area contributed by atoms with E-state index in [0.29, 0.717) is 30.4 Å². The molecule has 2 aliphatic rings. The van der Waals surface area contributed by atoms with Crippen molar-refractivity contribution in [1.82, 2.24) is 9.88 Å². The second-order valence-corrected chi connectivity index (χ2v) is 9.13. The summed E-state index contributed by atoms with van der Waals surface area (Å²) in [4.78, 5) is 18.9. The number of aryl methyl sites for hydroxylation is 1. The second kappa shape index (κ2) is 8.52. The third-order valence-electron chi connectivity index (χ3n) is 6.89. The summed E-state index contributed by atoms with van der Waals surface area (Å²) in [5, 5.41) is 30.8. The summed E-state index contributed by atoms with van der Waals surface area (Å²) in [5.74, 6) is 0.663. The van der Waals surface area contributed by atoms with E-state index in [1.165, 1.54) is 30.5 Å². The number of phenols is 1. The molecule has 3 N–H and O–H groups in total. The van der Waals surface area contributed by atoms with Gasteiger partial charge in [-0.1, -0.05) is 24.3 Å². The van der Waals surface area contributed by atoms with Crippen LogP contribution in [-0.2, 0) is 6.61 Å². The average molecular weight is 445 g/mol. The highest BCUT2D eigenvalue weighted by atomic mass is 16.3. The highest BCUT2D eigenvalue weighted by Gasteiger charge is 2.31. The number of aromatic nitrogens is 1. The number of rotatable bonds is 5. The van der Waals surface area contributed by atoms with Gasteiger partial charge in [-0.15, -0.1) is 0 Å². The van der Waals surface area contributed by atoms with E-state index in [-0.39, 0.29) is 29.9 Å². The first-order valence-electron chi connectivity index (χ1n) is 11.5. The highest BCUT2D eigenvalue weighted by molar-refractivity contribution is 5.92. The molecule has 1 atom stereocenters. The van der Waals surface area contributed by atoms with E-state index < -0.39 is 0 Å². The normalized spacial score (nSPS) is 18.0. The average Bonchev–Trinajstić information content (AvgIpc) is 3.56. The van der Waals surface area contributed by atoms with Crippen LogP contribution < -0.4 is 0 Å². The Bertz CT molecular complexity index is 1220. The van der Waals surface area contributed by atoms with Gasteiger partial charge < -0.3 is 20.2 Å². The zero-order valence-electron chi connectivity index (χ0n) is 18.7. The third-order valence-corrected chi connectivity index (χ3v) is 6.89. The summed E-state index contributed by atoms with van der Waals surface area (Å²) in [7, 11) is 0. The van der Waals surface area contributed by atoms with Gasteiger partial charge in [0.2, 0.25) is 0 Å². The lowest BCUT2D eigenvalue weighted by molar-refractivity contribution is 0.0784. The molecule has 6 heteroatoms. The molecule has 2 fully saturated rings. The number of phenolic OH excluding ortho intramolecular Hbond substituents is 1. The van der Waals surface area contributed by atoms with Crippen molar-refractivity contribution in [3.05, 3.63) is 76.6 Å². The topological polar surface area (TPSA) is 93.9 Å². The molecule has 1 amide bonds. The van der Waals surface area contributed by atoms with E-state index in [4.69, 9.17) is 0 Å². The van der Waals surface area contributed by atoms with E-state index in [1.54, 1.807) is 17.9 Å². The van der Waals surface area contributed by atoms with E-state index in [2.05, 4.69) is 11.1 Å². The molecule has 1 aliphatic carbocycles. The summed E-state index contributed by atoms with van der Waals surface area (Å²) in [6.45, 7) is 2.60. The SMILES string of the molecule is Cc1nc(C(=O)N2CCC(c3cc(O)c(-c4ccccc4C4CC4)cc3CO)C2)ccc1O. The Morgan fingerprint density at radius 2 is 1.76 bits per heavy atom. The molecule has 0 radical (unpaired) electrons. The number of aromatic hydroxyl groups is 2. The Kier molecular flexibility index (Phi) is 5.54. The molecule has 3 aromatic rings. The van der Waals surface area contributed by atoms with Crippen LogP contribution in [0.4, 0.5) is 0 Å². The molecule has 1 aliphatic heterocycles. The van der Waals surface area contributed by atoms with Crippen LogP contribution in [0.15, 0.2) is 48.5 Å². The lowest BCUT2D eigenvalue weighted by Gasteiger charge is -2.20. The van der Waals surface area contributed by atoms with Gasteiger partial charge in [-0.05, 0) is 78.6 Å². The molecule has 6 nitrogen and oxygen atoms in total. The number of likely N-dealkylation sites (tertiary alicyclic amines) is 1. The largest absolute Gasteiger partial charge is 0.507 e. The van der Waals surface area contributed by atoms with Gasteiger partial charge in [0.05, 0.1) is 12.3 Å². The number of hydrogen-bond acceptors (Lipinski definition) is 5. The van der Waals surface area contributed by atoms with E-state index in [9.17, 15) is 20.1 Å². The summed E-state index contributed by atoms with van der Waals surface area (Å²) in [5.41, 5.74) is 5.42. The molecular weight excluding hydrogens is 416 g/mol. The number of carbonyl (C=O) groups is 1. The molecule has 170 valence electrons. The van der Waals surface area contributed by atoms with Crippen LogP contribution in [-0.4, -0.2) is 44.2 Å². The van der Waals surface area contributed by atoms with Crippen molar-refractivity contribution in [3.63, 3.8) is 0 Å². The Labute approximate surface area is 193 Å². The molecule has 5 rings (SSSR count). The Morgan fingerprint density at radius 3 is 2.48 bits per heavy atom. The van der Waals surface area contributed by atoms with Gasteiger partial charge in [0.25, 0.3) is 5.91 Å². The fourth-order valence-electron chi connectivity index (χ4n) is 4.91. The predicted octanol–water partition coefficient (Wildman–Crippen LogP) is 4.47. The van der Waals surface area contributed by atoms with Gasteiger partial charge >= 0.3 is 0 Å². The molecular formula is C27H28N2O4. The van der Waals surface area contributed by atoms with Gasteiger partial charge in [-0.3, -0.25) is 4.79 Å². The number of aliphatic hydroxyl groups excluding tert-OH is 1. The Morgan fingerprint density at radius 1 is 0.970 bits per heavy atom. The van der Waals surface area contributed by atoms with Crippen molar-refractivity contribution in [2.24, 2.45) is 0 Å². The molecule has 33 heavy (non-hydrogen) atoms.